The molecule has 1 saturated heterocycles. The number of benzene rings is 1. The van der Waals surface area contributed by atoms with Crippen LogP contribution >= 0.6 is 0 Å². The van der Waals surface area contributed by atoms with E-state index in [1.807, 2.05) is 24.3 Å². The van der Waals surface area contributed by atoms with Gasteiger partial charge in [-0.15, -0.1) is 0 Å². The van der Waals surface area contributed by atoms with E-state index < -0.39 is 0 Å². The lowest BCUT2D eigenvalue weighted by Crippen LogP contribution is -2.42. The highest BCUT2D eigenvalue weighted by Gasteiger charge is 2.28. The molecule has 2 aromatic rings. The number of nitrogens with zero attached hydrogens (tertiary/aromatic N) is 1. The first-order chi connectivity index (χ1) is 11.2. The Balaban J connectivity index is 1.81. The van der Waals surface area contributed by atoms with E-state index in [9.17, 15) is 9.59 Å². The Kier molecular flexibility index (Phi) is 4.43. The summed E-state index contributed by atoms with van der Waals surface area (Å²) in [6.07, 6.45) is 1.23. The highest BCUT2D eigenvalue weighted by atomic mass is 16.5. The van der Waals surface area contributed by atoms with Gasteiger partial charge >= 0.3 is 0 Å². The molecule has 0 spiro atoms. The number of carbonyl (C=O) groups excluding carboxylic acids is 1. The molecule has 1 unspecified atom stereocenters. The second-order valence-corrected chi connectivity index (χ2v) is 5.29. The predicted molar refractivity (Wildman–Crippen MR) is 84.7 cm³/mol. The second kappa shape index (κ2) is 6.66. The normalized spacial score (nSPS) is 17.8. The zero-order chi connectivity index (χ0) is 16.2. The zero-order valence-corrected chi connectivity index (χ0v) is 12.8. The number of para-hydroxylation sites is 1. The minimum absolute atomic E-state index is 0.193. The van der Waals surface area contributed by atoms with Crippen LogP contribution in [0.25, 0.3) is 0 Å². The molecule has 120 valence electrons. The van der Waals surface area contributed by atoms with E-state index in [4.69, 9.17) is 9.47 Å². The number of ether oxygens (including phenoxy) is 2. The number of aromatic amines is 1. The molecule has 3 rings (SSSR count). The van der Waals surface area contributed by atoms with Crippen LogP contribution in [0.1, 0.15) is 22.2 Å². The Morgan fingerprint density at radius 2 is 2.17 bits per heavy atom. The van der Waals surface area contributed by atoms with E-state index in [-0.39, 0.29) is 23.1 Å². The molecule has 0 saturated carbocycles. The summed E-state index contributed by atoms with van der Waals surface area (Å²) in [6.45, 7) is 1.34. The van der Waals surface area contributed by atoms with Gasteiger partial charge in [0.05, 0.1) is 20.3 Å². The largest absolute Gasteiger partial charge is 0.496 e. The number of amides is 1. The molecule has 1 fully saturated rings. The van der Waals surface area contributed by atoms with Gasteiger partial charge in [0.2, 0.25) is 0 Å². The molecule has 1 amide bonds. The van der Waals surface area contributed by atoms with Gasteiger partial charge in [-0.25, -0.2) is 0 Å². The number of morpholine rings is 1. The smallest absolute Gasteiger partial charge is 0.270 e. The van der Waals surface area contributed by atoms with Gasteiger partial charge in [0.15, 0.2) is 5.43 Å². The van der Waals surface area contributed by atoms with Crippen molar-refractivity contribution in [1.29, 1.82) is 0 Å². The number of H-pyrrole nitrogens is 1. The van der Waals surface area contributed by atoms with Gasteiger partial charge in [-0.05, 0) is 6.07 Å². The highest BCUT2D eigenvalue weighted by Crippen LogP contribution is 2.30. The molecule has 1 N–H and O–H groups in total. The Bertz CT molecular complexity index is 756. The number of methoxy groups -OCH3 is 1. The molecular formula is C17H18N2O4. The van der Waals surface area contributed by atoms with E-state index in [1.54, 1.807) is 12.0 Å². The standard InChI is InChI=1S/C17H18N2O4/c1-22-15-5-3-2-4-13(15)16-11-19(8-9-23-16)17(21)14-10-12(20)6-7-18-14/h2-7,10,16H,8-9,11H2,1H3,(H,18,20). The molecule has 1 aliphatic rings. The lowest BCUT2D eigenvalue weighted by Gasteiger charge is -2.33. The van der Waals surface area contributed by atoms with Crippen molar-refractivity contribution in [2.75, 3.05) is 26.8 Å². The van der Waals surface area contributed by atoms with Crippen molar-refractivity contribution in [3.05, 3.63) is 64.1 Å². The maximum Gasteiger partial charge on any atom is 0.270 e. The van der Waals surface area contributed by atoms with Crippen molar-refractivity contribution in [2.24, 2.45) is 0 Å². The fraction of sp³-hybridized carbons (Fsp3) is 0.294. The number of rotatable bonds is 3. The number of nitrogens with one attached hydrogen (secondary N) is 1. The molecule has 2 heterocycles. The summed E-state index contributed by atoms with van der Waals surface area (Å²) in [5.74, 6) is 0.533. The molecule has 6 heteroatoms. The van der Waals surface area contributed by atoms with E-state index in [1.165, 1.54) is 18.3 Å². The van der Waals surface area contributed by atoms with Crippen LogP contribution in [0.3, 0.4) is 0 Å². The lowest BCUT2D eigenvalue weighted by atomic mass is 10.1. The maximum atomic E-state index is 12.6. The third kappa shape index (κ3) is 3.27. The SMILES string of the molecule is COc1ccccc1C1CN(C(=O)c2cc(=O)cc[nH]2)CCO1. The van der Waals surface area contributed by atoms with Crippen LogP contribution in [0.5, 0.6) is 5.75 Å². The molecule has 0 radical (unpaired) electrons. The molecule has 1 atom stereocenters. The fourth-order valence-electron chi connectivity index (χ4n) is 2.69. The number of aromatic nitrogens is 1. The van der Waals surface area contributed by atoms with E-state index in [0.29, 0.717) is 19.7 Å². The van der Waals surface area contributed by atoms with Crippen LogP contribution in [0.2, 0.25) is 0 Å². The third-order valence-electron chi connectivity index (χ3n) is 3.84. The van der Waals surface area contributed by atoms with Gasteiger partial charge in [0, 0.05) is 30.4 Å². The van der Waals surface area contributed by atoms with Crippen LogP contribution in [0, 0.1) is 0 Å². The fourth-order valence-corrected chi connectivity index (χ4v) is 2.69. The predicted octanol–water partition coefficient (Wildman–Crippen LogP) is 1.60. The molecule has 0 bridgehead atoms. The van der Waals surface area contributed by atoms with Gasteiger partial charge in [0.1, 0.15) is 17.5 Å². The first-order valence-corrected chi connectivity index (χ1v) is 7.41. The molecule has 1 aliphatic heterocycles. The Morgan fingerprint density at radius 1 is 1.35 bits per heavy atom. The van der Waals surface area contributed by atoms with Crippen molar-refractivity contribution >= 4 is 5.91 Å². The van der Waals surface area contributed by atoms with Crippen molar-refractivity contribution < 1.29 is 14.3 Å². The van der Waals surface area contributed by atoms with Crippen LogP contribution in [-0.2, 0) is 4.74 Å². The van der Waals surface area contributed by atoms with Gasteiger partial charge in [-0.2, -0.15) is 0 Å². The summed E-state index contributed by atoms with van der Waals surface area (Å²) < 4.78 is 11.2. The van der Waals surface area contributed by atoms with Crippen molar-refractivity contribution in [2.45, 2.75) is 6.10 Å². The van der Waals surface area contributed by atoms with Crippen molar-refractivity contribution in [3.63, 3.8) is 0 Å². The summed E-state index contributed by atoms with van der Waals surface area (Å²) in [4.78, 5) is 28.5. The number of carbonyl (C=O) groups is 1. The van der Waals surface area contributed by atoms with Gasteiger partial charge in [-0.3, -0.25) is 9.59 Å². The van der Waals surface area contributed by atoms with Crippen molar-refractivity contribution in [1.82, 2.24) is 9.88 Å². The molecule has 1 aromatic carbocycles. The summed E-state index contributed by atoms with van der Waals surface area (Å²) in [6, 6.07) is 10.3. The van der Waals surface area contributed by atoms with Gasteiger partial charge in [-0.1, -0.05) is 18.2 Å². The van der Waals surface area contributed by atoms with Gasteiger partial charge in [0.25, 0.3) is 5.91 Å². The lowest BCUT2D eigenvalue weighted by molar-refractivity contribution is -0.0239. The quantitative estimate of drug-likeness (QED) is 0.934. The van der Waals surface area contributed by atoms with Crippen LogP contribution in [0.4, 0.5) is 0 Å². The first kappa shape index (κ1) is 15.3. The van der Waals surface area contributed by atoms with E-state index in [0.717, 1.165) is 11.3 Å². The Morgan fingerprint density at radius 3 is 2.96 bits per heavy atom. The van der Waals surface area contributed by atoms with E-state index in [2.05, 4.69) is 4.98 Å². The number of pyridine rings is 1. The topological polar surface area (TPSA) is 71.6 Å². The summed E-state index contributed by atoms with van der Waals surface area (Å²) >= 11 is 0. The third-order valence-corrected chi connectivity index (χ3v) is 3.84. The number of hydrogen-bond acceptors (Lipinski definition) is 4. The summed E-state index contributed by atoms with van der Waals surface area (Å²) in [7, 11) is 1.61. The Hall–Kier alpha value is -2.60. The first-order valence-electron chi connectivity index (χ1n) is 7.41. The number of hydrogen-bond donors (Lipinski definition) is 1. The second-order valence-electron chi connectivity index (χ2n) is 5.29. The maximum absolute atomic E-state index is 12.6. The average molecular weight is 314 g/mol. The monoisotopic (exact) mass is 314 g/mol. The minimum Gasteiger partial charge on any atom is -0.496 e. The van der Waals surface area contributed by atoms with Crippen LogP contribution < -0.4 is 10.2 Å². The molecule has 6 nitrogen and oxygen atoms in total. The van der Waals surface area contributed by atoms with Crippen LogP contribution in [0.15, 0.2) is 47.4 Å². The summed E-state index contributed by atoms with van der Waals surface area (Å²) in [5.41, 5.74) is 1.01. The summed E-state index contributed by atoms with van der Waals surface area (Å²) in [5, 5.41) is 0. The Labute approximate surface area is 133 Å². The molecule has 0 aliphatic carbocycles. The minimum atomic E-state index is -0.251. The van der Waals surface area contributed by atoms with Crippen molar-refractivity contribution in [3.8, 4) is 5.75 Å². The van der Waals surface area contributed by atoms with Gasteiger partial charge < -0.3 is 19.4 Å². The molecule has 23 heavy (non-hydrogen) atoms. The highest BCUT2D eigenvalue weighted by molar-refractivity contribution is 5.92. The van der Waals surface area contributed by atoms with E-state index >= 15 is 0 Å². The average Bonchev–Trinajstić information content (AvgIpc) is 2.61. The molecule has 1 aromatic heterocycles. The van der Waals surface area contributed by atoms with Crippen LogP contribution in [-0.4, -0.2) is 42.6 Å². The molecular weight excluding hydrogens is 296 g/mol. The zero-order valence-electron chi connectivity index (χ0n) is 12.8.